The fourth-order valence-corrected chi connectivity index (χ4v) is 6.40. The van der Waals surface area contributed by atoms with Crippen LogP contribution in [0, 0.1) is 0 Å². The van der Waals surface area contributed by atoms with Crippen LogP contribution in [-0.2, 0) is 4.43 Å². The van der Waals surface area contributed by atoms with Gasteiger partial charge in [0.2, 0.25) is 0 Å². The Morgan fingerprint density at radius 2 is 1.64 bits per heavy atom. The van der Waals surface area contributed by atoms with Crippen molar-refractivity contribution >= 4 is 18.0 Å². The zero-order valence-electron chi connectivity index (χ0n) is 16.2. The first kappa shape index (κ1) is 20.4. The van der Waals surface area contributed by atoms with Gasteiger partial charge >= 0.3 is 0 Å². The first-order chi connectivity index (χ1) is 10.1. The highest BCUT2D eigenvalue weighted by molar-refractivity contribution is 6.77. The van der Waals surface area contributed by atoms with Crippen LogP contribution in [0.2, 0.25) is 24.2 Å². The van der Waals surface area contributed by atoms with Crippen LogP contribution in [0.4, 0.5) is 0 Å². The number of piperazine rings is 1. The van der Waals surface area contributed by atoms with Gasteiger partial charge in [-0.25, -0.2) is 0 Å². The molecule has 0 aromatic carbocycles. The van der Waals surface area contributed by atoms with Crippen LogP contribution < -0.4 is 0 Å². The molecule has 1 rings (SSSR count). The van der Waals surface area contributed by atoms with Gasteiger partial charge in [-0.15, -0.1) is 0 Å². The molecule has 0 unspecified atom stereocenters. The maximum Gasteiger partial charge on any atom is 0.161 e. The van der Waals surface area contributed by atoms with Gasteiger partial charge in [-0.3, -0.25) is 0 Å². The monoisotopic (exact) mass is 344 g/mol. The minimum absolute atomic E-state index is 0.249. The van der Waals surface area contributed by atoms with E-state index in [-0.39, 0.29) is 9.76 Å². The topological polar surface area (TPSA) is 15.7 Å². The van der Waals surface area contributed by atoms with Gasteiger partial charge in [-0.1, -0.05) is 40.3 Å². The normalized spacial score (nSPS) is 19.6. The lowest BCUT2D eigenvalue weighted by molar-refractivity contribution is 0.177. The van der Waals surface area contributed by atoms with Crippen molar-refractivity contribution < 1.29 is 4.43 Å². The van der Waals surface area contributed by atoms with E-state index in [1.54, 1.807) is 0 Å². The van der Waals surface area contributed by atoms with E-state index in [1.807, 2.05) is 0 Å². The molecule has 0 atom stereocenters. The minimum atomic E-state index is -1.30. The molecule has 0 aromatic heterocycles. The molecule has 1 saturated heterocycles. The summed E-state index contributed by atoms with van der Waals surface area (Å²) in [5.41, 5.74) is 0. The second kappa shape index (κ2) is 8.97. The Hall–Kier alpha value is 0.314. The van der Waals surface area contributed by atoms with Gasteiger partial charge < -0.3 is 13.9 Å². The van der Waals surface area contributed by atoms with Crippen molar-refractivity contribution in [1.82, 2.24) is 9.47 Å². The Morgan fingerprint density at radius 1 is 1.05 bits per heavy atom. The Morgan fingerprint density at radius 3 is 2.14 bits per heavy atom. The first-order valence-electron chi connectivity index (χ1n) is 9.23. The maximum absolute atomic E-state index is 5.74. The van der Waals surface area contributed by atoms with E-state index in [4.69, 9.17) is 4.43 Å². The van der Waals surface area contributed by atoms with Crippen molar-refractivity contribution in [2.24, 2.45) is 0 Å². The molecule has 1 fully saturated rings. The summed E-state index contributed by atoms with van der Waals surface area (Å²) in [7, 11) is -1.55. The van der Waals surface area contributed by atoms with Gasteiger partial charge in [0.15, 0.2) is 9.76 Å². The molecule has 0 N–H and O–H groups in total. The van der Waals surface area contributed by atoms with Gasteiger partial charge in [0, 0.05) is 32.3 Å². The third-order valence-electron chi connectivity index (χ3n) is 5.57. The average molecular weight is 345 g/mol. The molecule has 0 radical (unpaired) electrons. The standard InChI is InChI=1S/C17H40N2OSi2/c1-16(2)20-21-15-9-8-10-18-11-13-19(14-12-18)22(6,7)17(3,4)5/h16H,8-15,21H2,1-7H3. The predicted octanol–water partition coefficient (Wildman–Crippen LogP) is 3.32. The molecule has 3 nitrogen and oxygen atoms in total. The van der Waals surface area contributed by atoms with E-state index < -0.39 is 8.24 Å². The van der Waals surface area contributed by atoms with E-state index in [2.05, 4.69) is 57.2 Å². The number of rotatable bonds is 8. The third kappa shape index (κ3) is 6.44. The molecule has 0 aromatic rings. The molecule has 0 saturated carbocycles. The summed E-state index contributed by atoms with van der Waals surface area (Å²) in [6.07, 6.45) is 3.16. The second-order valence-electron chi connectivity index (χ2n) is 8.62. The van der Waals surface area contributed by atoms with Crippen LogP contribution in [0.5, 0.6) is 0 Å². The van der Waals surface area contributed by atoms with E-state index >= 15 is 0 Å². The van der Waals surface area contributed by atoms with Gasteiger partial charge in [-0.2, -0.15) is 0 Å². The largest absolute Gasteiger partial charge is 0.422 e. The predicted molar refractivity (Wildman–Crippen MR) is 104 cm³/mol. The van der Waals surface area contributed by atoms with E-state index in [1.165, 1.54) is 51.6 Å². The number of hydrogen-bond acceptors (Lipinski definition) is 3. The molecule has 22 heavy (non-hydrogen) atoms. The van der Waals surface area contributed by atoms with Crippen LogP contribution in [0.25, 0.3) is 0 Å². The van der Waals surface area contributed by atoms with Crippen molar-refractivity contribution in [3.05, 3.63) is 0 Å². The van der Waals surface area contributed by atoms with Gasteiger partial charge in [0.25, 0.3) is 0 Å². The Balaban J connectivity index is 2.18. The zero-order valence-corrected chi connectivity index (χ0v) is 18.7. The van der Waals surface area contributed by atoms with Crippen molar-refractivity contribution in [3.8, 4) is 0 Å². The van der Waals surface area contributed by atoms with Crippen molar-refractivity contribution in [2.75, 3.05) is 32.7 Å². The van der Waals surface area contributed by atoms with Gasteiger partial charge in [0.1, 0.15) is 8.24 Å². The molecular formula is C17H40N2OSi2. The van der Waals surface area contributed by atoms with Crippen LogP contribution in [0.1, 0.15) is 47.5 Å². The quantitative estimate of drug-likeness (QED) is 0.496. The number of hydrogen-bond donors (Lipinski definition) is 0. The summed E-state index contributed by atoms with van der Waals surface area (Å²) in [5.74, 6) is 0. The fraction of sp³-hybridized carbons (Fsp3) is 1.00. The Labute approximate surface area is 142 Å². The summed E-state index contributed by atoms with van der Waals surface area (Å²) < 4.78 is 8.57. The highest BCUT2D eigenvalue weighted by Gasteiger charge is 2.41. The molecule has 132 valence electrons. The molecule has 1 aliphatic rings. The summed E-state index contributed by atoms with van der Waals surface area (Å²) in [6.45, 7) is 23.1. The Bertz CT molecular complexity index is 308. The smallest absolute Gasteiger partial charge is 0.161 e. The fourth-order valence-electron chi connectivity index (χ4n) is 2.94. The van der Waals surface area contributed by atoms with Crippen molar-refractivity contribution in [3.63, 3.8) is 0 Å². The lowest BCUT2D eigenvalue weighted by atomic mass is 10.2. The molecule has 0 spiro atoms. The molecule has 5 heteroatoms. The van der Waals surface area contributed by atoms with E-state index in [0.717, 1.165) is 0 Å². The molecule has 1 heterocycles. The summed E-state index contributed by atoms with van der Waals surface area (Å²) in [6, 6.07) is 1.35. The number of nitrogens with zero attached hydrogens (tertiary/aromatic N) is 2. The molecule has 0 aliphatic carbocycles. The van der Waals surface area contributed by atoms with Gasteiger partial charge in [0.05, 0.1) is 0 Å². The minimum Gasteiger partial charge on any atom is -0.422 e. The molecule has 0 amide bonds. The summed E-state index contributed by atoms with van der Waals surface area (Å²) >= 11 is 0. The van der Waals surface area contributed by atoms with Crippen LogP contribution in [0.15, 0.2) is 0 Å². The highest BCUT2D eigenvalue weighted by atomic mass is 28.3. The highest BCUT2D eigenvalue weighted by Crippen LogP contribution is 2.38. The summed E-state index contributed by atoms with van der Waals surface area (Å²) in [4.78, 5) is 2.68. The molecule has 1 aliphatic heterocycles. The maximum atomic E-state index is 5.74. The Kier molecular flexibility index (Phi) is 8.30. The third-order valence-corrected chi connectivity index (χ3v) is 13.0. The lowest BCUT2D eigenvalue weighted by Gasteiger charge is -2.49. The summed E-state index contributed by atoms with van der Waals surface area (Å²) in [5, 5.41) is 0.468. The van der Waals surface area contributed by atoms with E-state index in [0.29, 0.717) is 11.1 Å². The van der Waals surface area contributed by atoms with Crippen LogP contribution >= 0.6 is 0 Å². The number of unbranched alkanes of at least 4 members (excludes halogenated alkanes) is 1. The SMILES string of the molecule is CC(C)O[SiH2]CCCCN1CCN([Si](C)(C)C(C)(C)C)CC1. The van der Waals surface area contributed by atoms with E-state index in [9.17, 15) is 0 Å². The second-order valence-corrected chi connectivity index (χ2v) is 15.3. The van der Waals surface area contributed by atoms with Crippen LogP contribution in [-0.4, -0.2) is 66.3 Å². The van der Waals surface area contributed by atoms with Crippen LogP contribution in [0.3, 0.4) is 0 Å². The average Bonchev–Trinajstić information content (AvgIpc) is 2.41. The molecular weight excluding hydrogens is 304 g/mol. The molecule has 0 bridgehead atoms. The lowest BCUT2D eigenvalue weighted by Crippen LogP contribution is -2.61. The van der Waals surface area contributed by atoms with Crippen molar-refractivity contribution in [1.29, 1.82) is 0 Å². The zero-order chi connectivity index (χ0) is 16.8. The van der Waals surface area contributed by atoms with Crippen molar-refractivity contribution in [2.45, 2.75) is 77.7 Å². The first-order valence-corrected chi connectivity index (χ1v) is 13.8. The van der Waals surface area contributed by atoms with Gasteiger partial charge in [-0.05, 0) is 37.9 Å².